The van der Waals surface area contributed by atoms with Crippen molar-refractivity contribution in [1.29, 1.82) is 0 Å². The smallest absolute Gasteiger partial charge is 0.302 e. The first-order valence-corrected chi connectivity index (χ1v) is 18.3. The monoisotopic (exact) mass is 732 g/mol. The molecule has 2 saturated heterocycles. The second kappa shape index (κ2) is 18.0. The van der Waals surface area contributed by atoms with E-state index in [4.69, 9.17) is 46.4 Å². The first kappa shape index (κ1) is 38.4. The number of benzene rings is 2. The fraction of sp³-hybridized carbons (Fsp3) is 0.486. The van der Waals surface area contributed by atoms with Crippen LogP contribution in [0.5, 0.6) is 0 Å². The summed E-state index contributed by atoms with van der Waals surface area (Å²) >= 11 is 24.8. The van der Waals surface area contributed by atoms with Gasteiger partial charge in [-0.2, -0.15) is 10.2 Å². The molecule has 0 spiro atoms. The standard InChI is InChI=1S/C37H48Cl4N6O/c1-36(2,25-46-19-7-5-8-20-46)33(17-13-27-11-15-29(38)31(40)23-27)42-44-35(48)45-43-34(18-14-28-12-16-30(39)32(41)24-28)37(3,4)26-47-21-9-6-10-22-47/h11-18,23-24H,5-10,19-22,25-26H2,1-4H3,(H2,44,45,48)/b17-13-,18-14-,42-33-,43-34+. The minimum atomic E-state index is -0.529. The molecule has 7 nitrogen and oxygen atoms in total. The quantitative estimate of drug-likeness (QED) is 0.169. The Hall–Kier alpha value is -2.39. The van der Waals surface area contributed by atoms with Crippen LogP contribution >= 0.6 is 46.4 Å². The van der Waals surface area contributed by atoms with Gasteiger partial charge >= 0.3 is 6.03 Å². The zero-order valence-electron chi connectivity index (χ0n) is 28.5. The van der Waals surface area contributed by atoms with E-state index in [1.807, 2.05) is 48.6 Å². The van der Waals surface area contributed by atoms with Gasteiger partial charge in [0.2, 0.25) is 0 Å². The van der Waals surface area contributed by atoms with Gasteiger partial charge in [0, 0.05) is 23.9 Å². The van der Waals surface area contributed by atoms with Crippen molar-refractivity contribution < 1.29 is 4.79 Å². The number of hydrogen-bond acceptors (Lipinski definition) is 5. The number of carbonyl (C=O) groups is 1. The molecule has 2 aromatic rings. The van der Waals surface area contributed by atoms with Crippen molar-refractivity contribution >= 4 is 76.0 Å². The summed E-state index contributed by atoms with van der Waals surface area (Å²) in [5.41, 5.74) is 7.92. The summed E-state index contributed by atoms with van der Waals surface area (Å²) in [6.07, 6.45) is 15.0. The van der Waals surface area contributed by atoms with E-state index in [1.54, 1.807) is 12.1 Å². The highest BCUT2D eigenvalue weighted by atomic mass is 35.5. The Kier molecular flexibility index (Phi) is 14.4. The Labute approximate surface area is 306 Å². The number of hydrogen-bond donors (Lipinski definition) is 2. The van der Waals surface area contributed by atoms with Crippen LogP contribution in [0.25, 0.3) is 12.2 Å². The van der Waals surface area contributed by atoms with Crippen LogP contribution in [-0.4, -0.2) is 66.5 Å². The van der Waals surface area contributed by atoms with Crippen molar-refractivity contribution in [2.24, 2.45) is 21.0 Å². The molecule has 260 valence electrons. The largest absolute Gasteiger partial charge is 0.355 e. The number of urea groups is 1. The lowest BCUT2D eigenvalue weighted by atomic mass is 9.85. The van der Waals surface area contributed by atoms with Gasteiger partial charge in [-0.15, -0.1) is 0 Å². The molecule has 2 amide bonds. The van der Waals surface area contributed by atoms with E-state index in [-0.39, 0.29) is 10.8 Å². The van der Waals surface area contributed by atoms with Gasteiger partial charge in [-0.25, -0.2) is 15.6 Å². The maximum atomic E-state index is 13.2. The molecule has 0 atom stereocenters. The number of nitrogens with one attached hydrogen (secondary N) is 2. The van der Waals surface area contributed by atoms with Gasteiger partial charge in [0.05, 0.1) is 31.5 Å². The predicted molar refractivity (Wildman–Crippen MR) is 206 cm³/mol. The van der Waals surface area contributed by atoms with Crippen LogP contribution in [0.15, 0.2) is 58.8 Å². The van der Waals surface area contributed by atoms with E-state index < -0.39 is 6.03 Å². The highest BCUT2D eigenvalue weighted by Crippen LogP contribution is 2.28. The zero-order valence-corrected chi connectivity index (χ0v) is 31.5. The molecule has 0 aromatic heterocycles. The van der Waals surface area contributed by atoms with E-state index in [2.05, 4.69) is 58.5 Å². The van der Waals surface area contributed by atoms with Crippen LogP contribution in [0.3, 0.4) is 0 Å². The van der Waals surface area contributed by atoms with Crippen LogP contribution in [0.4, 0.5) is 4.79 Å². The molecule has 2 heterocycles. The number of piperidine rings is 2. The number of carbonyl (C=O) groups excluding carboxylic acids is 1. The summed E-state index contributed by atoms with van der Waals surface area (Å²) in [6.45, 7) is 14.4. The summed E-state index contributed by atoms with van der Waals surface area (Å²) in [7, 11) is 0. The van der Waals surface area contributed by atoms with Crippen LogP contribution in [0, 0.1) is 10.8 Å². The van der Waals surface area contributed by atoms with Gasteiger partial charge < -0.3 is 9.80 Å². The van der Waals surface area contributed by atoms with Crippen molar-refractivity contribution in [3.63, 3.8) is 0 Å². The molecular formula is C37H48Cl4N6O. The Balaban J connectivity index is 1.56. The van der Waals surface area contributed by atoms with Crippen LogP contribution < -0.4 is 10.9 Å². The maximum Gasteiger partial charge on any atom is 0.355 e. The van der Waals surface area contributed by atoms with Crippen LogP contribution in [0.1, 0.15) is 77.3 Å². The Morgan fingerprint density at radius 1 is 0.646 bits per heavy atom. The van der Waals surface area contributed by atoms with Gasteiger partial charge in [-0.05, 0) is 99.4 Å². The van der Waals surface area contributed by atoms with Gasteiger partial charge in [-0.1, -0.05) is 111 Å². The van der Waals surface area contributed by atoms with Crippen LogP contribution in [-0.2, 0) is 0 Å². The van der Waals surface area contributed by atoms with Gasteiger partial charge in [0.15, 0.2) is 0 Å². The topological polar surface area (TPSA) is 72.3 Å². The summed E-state index contributed by atoms with van der Waals surface area (Å²) in [5.74, 6) is 0. The Morgan fingerprint density at radius 2 is 1.02 bits per heavy atom. The molecule has 0 radical (unpaired) electrons. The fourth-order valence-electron chi connectivity index (χ4n) is 6.17. The molecule has 0 saturated carbocycles. The average molecular weight is 735 g/mol. The molecule has 0 bridgehead atoms. The second-order valence-corrected chi connectivity index (χ2v) is 15.6. The number of rotatable bonds is 12. The molecular weight excluding hydrogens is 686 g/mol. The van der Waals surface area contributed by atoms with Gasteiger partial charge in [-0.3, -0.25) is 0 Å². The number of allylic oxidation sites excluding steroid dienone is 2. The van der Waals surface area contributed by atoms with E-state index in [0.29, 0.717) is 20.1 Å². The number of halogens is 4. The average Bonchev–Trinajstić information content (AvgIpc) is 3.04. The third kappa shape index (κ3) is 11.9. The first-order chi connectivity index (χ1) is 22.8. The van der Waals surface area contributed by atoms with Crippen molar-refractivity contribution in [3.05, 3.63) is 79.8 Å². The molecule has 0 aliphatic carbocycles. The third-order valence-corrected chi connectivity index (χ3v) is 10.3. The zero-order chi connectivity index (χ0) is 34.7. The highest BCUT2D eigenvalue weighted by Gasteiger charge is 2.29. The van der Waals surface area contributed by atoms with Gasteiger partial charge in [0.1, 0.15) is 0 Å². The normalized spacial score (nSPS) is 17.8. The number of nitrogens with zero attached hydrogens (tertiary/aromatic N) is 4. The lowest BCUT2D eigenvalue weighted by Gasteiger charge is -2.35. The molecule has 2 fully saturated rings. The maximum absolute atomic E-state index is 13.2. The molecule has 48 heavy (non-hydrogen) atoms. The van der Waals surface area contributed by atoms with Crippen molar-refractivity contribution in [2.75, 3.05) is 39.3 Å². The predicted octanol–water partition coefficient (Wildman–Crippen LogP) is 10.1. The minimum absolute atomic E-state index is 0.356. The SMILES string of the molecule is CC(C)(CN1CCCCC1)C(/C=C\c1ccc(Cl)c(Cl)c1)=N\NC(=O)N/N=C(\C=C/c1ccc(Cl)c(Cl)c1)C(C)(C)CN1CCCCC1. The molecule has 2 aliphatic rings. The molecule has 4 rings (SSSR count). The van der Waals surface area contributed by atoms with Crippen molar-refractivity contribution in [1.82, 2.24) is 20.7 Å². The molecule has 2 aliphatic heterocycles. The summed E-state index contributed by atoms with van der Waals surface area (Å²) in [4.78, 5) is 18.2. The number of likely N-dealkylation sites (tertiary alicyclic amines) is 2. The summed E-state index contributed by atoms with van der Waals surface area (Å²) in [5, 5.41) is 11.2. The van der Waals surface area contributed by atoms with E-state index in [0.717, 1.165) is 61.8 Å². The molecule has 2 N–H and O–H groups in total. The van der Waals surface area contributed by atoms with Crippen LogP contribution in [0.2, 0.25) is 20.1 Å². The first-order valence-electron chi connectivity index (χ1n) is 16.8. The van der Waals surface area contributed by atoms with E-state index >= 15 is 0 Å². The third-order valence-electron chi connectivity index (χ3n) is 8.83. The molecule has 0 unspecified atom stereocenters. The molecule has 2 aromatic carbocycles. The van der Waals surface area contributed by atoms with Gasteiger partial charge in [0.25, 0.3) is 0 Å². The van der Waals surface area contributed by atoms with E-state index in [1.165, 1.54) is 38.5 Å². The van der Waals surface area contributed by atoms with Crippen molar-refractivity contribution in [2.45, 2.75) is 66.2 Å². The second-order valence-electron chi connectivity index (χ2n) is 14.0. The number of amides is 2. The van der Waals surface area contributed by atoms with Crippen molar-refractivity contribution in [3.8, 4) is 0 Å². The Bertz CT molecular complexity index is 1410. The summed E-state index contributed by atoms with van der Waals surface area (Å²) in [6, 6.07) is 10.4. The fourth-order valence-corrected chi connectivity index (χ4v) is 6.79. The summed E-state index contributed by atoms with van der Waals surface area (Å²) < 4.78 is 0. The van der Waals surface area contributed by atoms with E-state index in [9.17, 15) is 4.79 Å². The lowest BCUT2D eigenvalue weighted by molar-refractivity contribution is 0.186. The Morgan fingerprint density at radius 3 is 1.38 bits per heavy atom. The molecule has 11 heteroatoms. The number of hydrazone groups is 2. The highest BCUT2D eigenvalue weighted by molar-refractivity contribution is 6.42. The lowest BCUT2D eigenvalue weighted by Crippen LogP contribution is -2.43. The minimum Gasteiger partial charge on any atom is -0.302 e.